The van der Waals surface area contributed by atoms with Gasteiger partial charge in [0.25, 0.3) is 0 Å². The largest absolute Gasteiger partial charge is 0.340 e. The minimum absolute atomic E-state index is 0.0156. The van der Waals surface area contributed by atoms with Crippen LogP contribution in [0.2, 0.25) is 0 Å². The SMILES string of the molecule is CCc1nc(CC(=O)N2CCN(S(=O)(=O)c3ccc(C4CCCCC4)cc3)CC2)cs1. The quantitative estimate of drug-likeness (QED) is 0.656. The molecule has 2 aromatic rings. The molecular weight excluding hydrogens is 430 g/mol. The van der Waals surface area contributed by atoms with Crippen molar-refractivity contribution in [2.75, 3.05) is 26.2 Å². The first kappa shape index (κ1) is 22.4. The molecule has 8 heteroatoms. The first-order chi connectivity index (χ1) is 15.0. The molecule has 168 valence electrons. The Bertz CT molecular complexity index is 987. The number of aryl methyl sites for hydroxylation is 1. The van der Waals surface area contributed by atoms with Gasteiger partial charge in [0, 0.05) is 31.6 Å². The maximum atomic E-state index is 13.1. The molecule has 2 aliphatic rings. The highest BCUT2D eigenvalue weighted by atomic mass is 32.2. The first-order valence-electron chi connectivity index (χ1n) is 11.3. The van der Waals surface area contributed by atoms with Gasteiger partial charge in [-0.2, -0.15) is 4.31 Å². The van der Waals surface area contributed by atoms with Gasteiger partial charge in [-0.3, -0.25) is 4.79 Å². The number of benzene rings is 1. The van der Waals surface area contributed by atoms with E-state index in [2.05, 4.69) is 4.98 Å². The number of hydrogen-bond donors (Lipinski definition) is 0. The Morgan fingerprint density at radius 2 is 1.74 bits per heavy atom. The summed E-state index contributed by atoms with van der Waals surface area (Å²) in [5, 5.41) is 2.97. The third-order valence-corrected chi connectivity index (χ3v) is 9.37. The highest BCUT2D eigenvalue weighted by molar-refractivity contribution is 7.89. The smallest absolute Gasteiger partial charge is 0.243 e. The Kier molecular flexibility index (Phi) is 7.08. The number of carbonyl (C=O) groups is 1. The Labute approximate surface area is 189 Å². The second-order valence-electron chi connectivity index (χ2n) is 8.45. The van der Waals surface area contributed by atoms with E-state index in [1.165, 1.54) is 42.0 Å². The molecule has 1 saturated heterocycles. The summed E-state index contributed by atoms with van der Waals surface area (Å²) < 4.78 is 27.7. The lowest BCUT2D eigenvalue weighted by molar-refractivity contribution is -0.131. The van der Waals surface area contributed by atoms with Gasteiger partial charge >= 0.3 is 0 Å². The summed E-state index contributed by atoms with van der Waals surface area (Å²) in [5.74, 6) is 0.577. The van der Waals surface area contributed by atoms with Crippen molar-refractivity contribution in [3.8, 4) is 0 Å². The van der Waals surface area contributed by atoms with E-state index < -0.39 is 10.0 Å². The molecule has 31 heavy (non-hydrogen) atoms. The standard InChI is InChI=1S/C23H31N3O3S2/c1-2-22-24-20(17-30-22)16-23(27)25-12-14-26(15-13-25)31(28,29)21-10-8-19(9-11-21)18-6-4-3-5-7-18/h8-11,17-18H,2-7,12-16H2,1H3. The third kappa shape index (κ3) is 5.18. The molecule has 2 fully saturated rings. The van der Waals surface area contributed by atoms with E-state index in [0.717, 1.165) is 17.1 Å². The highest BCUT2D eigenvalue weighted by Gasteiger charge is 2.30. The van der Waals surface area contributed by atoms with Crippen molar-refractivity contribution in [2.24, 2.45) is 0 Å². The molecule has 0 bridgehead atoms. The van der Waals surface area contributed by atoms with Crippen LogP contribution in [-0.2, 0) is 27.7 Å². The van der Waals surface area contributed by atoms with Crippen LogP contribution in [-0.4, -0.2) is 54.7 Å². The summed E-state index contributed by atoms with van der Waals surface area (Å²) in [5.41, 5.74) is 2.06. The number of hydrogen-bond acceptors (Lipinski definition) is 5. The van der Waals surface area contributed by atoms with Gasteiger partial charge in [0.1, 0.15) is 0 Å². The third-order valence-electron chi connectivity index (χ3n) is 6.42. The van der Waals surface area contributed by atoms with Crippen LogP contribution in [0.3, 0.4) is 0 Å². The predicted octanol–water partition coefficient (Wildman–Crippen LogP) is 3.83. The van der Waals surface area contributed by atoms with E-state index in [9.17, 15) is 13.2 Å². The average Bonchev–Trinajstić information content (AvgIpc) is 3.27. The molecule has 0 N–H and O–H groups in total. The minimum Gasteiger partial charge on any atom is -0.340 e. The molecule has 1 saturated carbocycles. The van der Waals surface area contributed by atoms with Crippen LogP contribution in [0.4, 0.5) is 0 Å². The van der Waals surface area contributed by atoms with Gasteiger partial charge in [0.05, 0.1) is 22.0 Å². The predicted molar refractivity (Wildman–Crippen MR) is 123 cm³/mol. The Morgan fingerprint density at radius 1 is 1.06 bits per heavy atom. The van der Waals surface area contributed by atoms with E-state index in [0.29, 0.717) is 37.0 Å². The van der Waals surface area contributed by atoms with Crippen molar-refractivity contribution in [3.63, 3.8) is 0 Å². The average molecular weight is 462 g/mol. The van der Waals surface area contributed by atoms with E-state index in [1.54, 1.807) is 28.4 Å². The topological polar surface area (TPSA) is 70.6 Å². The summed E-state index contributed by atoms with van der Waals surface area (Å²) >= 11 is 1.58. The molecule has 1 amide bonds. The maximum Gasteiger partial charge on any atom is 0.243 e. The van der Waals surface area contributed by atoms with Crippen LogP contribution < -0.4 is 0 Å². The van der Waals surface area contributed by atoms with Crippen molar-refractivity contribution in [2.45, 2.75) is 62.7 Å². The zero-order chi connectivity index (χ0) is 21.8. The second kappa shape index (κ2) is 9.79. The molecule has 0 radical (unpaired) electrons. The number of piperazine rings is 1. The summed E-state index contributed by atoms with van der Waals surface area (Å²) in [6.07, 6.45) is 7.38. The van der Waals surface area contributed by atoms with E-state index in [1.807, 2.05) is 24.4 Å². The lowest BCUT2D eigenvalue weighted by Crippen LogP contribution is -2.50. The molecule has 2 heterocycles. The lowest BCUT2D eigenvalue weighted by Gasteiger charge is -2.34. The van der Waals surface area contributed by atoms with E-state index in [-0.39, 0.29) is 12.3 Å². The van der Waals surface area contributed by atoms with Crippen LogP contribution in [0.5, 0.6) is 0 Å². The van der Waals surface area contributed by atoms with Gasteiger partial charge in [0.15, 0.2) is 0 Å². The minimum atomic E-state index is -3.53. The molecular formula is C23H31N3O3S2. The van der Waals surface area contributed by atoms with Crippen molar-refractivity contribution in [1.29, 1.82) is 0 Å². The fourth-order valence-electron chi connectivity index (χ4n) is 4.53. The number of carbonyl (C=O) groups excluding carboxylic acids is 1. The van der Waals surface area contributed by atoms with Gasteiger partial charge in [-0.1, -0.05) is 38.3 Å². The second-order valence-corrected chi connectivity index (χ2v) is 11.3. The van der Waals surface area contributed by atoms with Crippen LogP contribution >= 0.6 is 11.3 Å². The highest BCUT2D eigenvalue weighted by Crippen LogP contribution is 2.33. The summed E-state index contributed by atoms with van der Waals surface area (Å²) in [4.78, 5) is 19.2. The van der Waals surface area contributed by atoms with Crippen LogP contribution in [0, 0.1) is 0 Å². The molecule has 0 unspecified atom stereocenters. The Morgan fingerprint density at radius 3 is 2.35 bits per heavy atom. The monoisotopic (exact) mass is 461 g/mol. The zero-order valence-corrected chi connectivity index (χ0v) is 19.8. The fraction of sp³-hybridized carbons (Fsp3) is 0.565. The van der Waals surface area contributed by atoms with Crippen LogP contribution in [0.25, 0.3) is 0 Å². The molecule has 6 nitrogen and oxygen atoms in total. The number of rotatable bonds is 6. The van der Waals surface area contributed by atoms with Gasteiger partial charge < -0.3 is 4.90 Å². The van der Waals surface area contributed by atoms with Crippen molar-refractivity contribution in [3.05, 3.63) is 45.9 Å². The number of aromatic nitrogens is 1. The molecule has 1 aromatic carbocycles. The van der Waals surface area contributed by atoms with E-state index in [4.69, 9.17) is 0 Å². The number of amides is 1. The van der Waals surface area contributed by atoms with Crippen molar-refractivity contribution >= 4 is 27.3 Å². The normalized spacial score (nSPS) is 18.9. The summed E-state index contributed by atoms with van der Waals surface area (Å²) in [7, 11) is -3.53. The van der Waals surface area contributed by atoms with Gasteiger partial charge in [-0.25, -0.2) is 13.4 Å². The zero-order valence-electron chi connectivity index (χ0n) is 18.1. The Hall–Kier alpha value is -1.77. The molecule has 0 spiro atoms. The molecule has 4 rings (SSSR count). The molecule has 1 aliphatic heterocycles. The van der Waals surface area contributed by atoms with Crippen molar-refractivity contribution < 1.29 is 13.2 Å². The van der Waals surface area contributed by atoms with Gasteiger partial charge in [-0.05, 0) is 42.9 Å². The van der Waals surface area contributed by atoms with Crippen molar-refractivity contribution in [1.82, 2.24) is 14.2 Å². The lowest BCUT2D eigenvalue weighted by atomic mass is 9.84. The number of nitrogens with zero attached hydrogens (tertiary/aromatic N) is 3. The first-order valence-corrected chi connectivity index (χ1v) is 13.6. The maximum absolute atomic E-state index is 13.1. The van der Waals surface area contributed by atoms with Gasteiger partial charge in [0.2, 0.25) is 15.9 Å². The molecule has 1 aromatic heterocycles. The molecule has 1 aliphatic carbocycles. The van der Waals surface area contributed by atoms with Crippen LogP contribution in [0.15, 0.2) is 34.5 Å². The summed E-state index contributed by atoms with van der Waals surface area (Å²) in [6, 6.07) is 7.48. The number of thiazole rings is 1. The fourth-order valence-corrected chi connectivity index (χ4v) is 6.70. The van der Waals surface area contributed by atoms with E-state index >= 15 is 0 Å². The van der Waals surface area contributed by atoms with Crippen LogP contribution in [0.1, 0.15) is 61.2 Å². The van der Waals surface area contributed by atoms with Gasteiger partial charge in [-0.15, -0.1) is 11.3 Å². The molecule has 0 atom stereocenters. The Balaban J connectivity index is 1.34. The summed E-state index contributed by atoms with van der Waals surface area (Å²) in [6.45, 7) is 3.55. The number of sulfonamides is 1.